The van der Waals surface area contributed by atoms with Crippen LogP contribution in [0.1, 0.15) is 16.8 Å². The van der Waals surface area contributed by atoms with Crippen LogP contribution in [-0.2, 0) is 4.74 Å². The second-order valence-corrected chi connectivity index (χ2v) is 4.94. The fraction of sp³-hybridized carbons (Fsp3) is 0.235. The highest BCUT2D eigenvalue weighted by Crippen LogP contribution is 2.28. The van der Waals surface area contributed by atoms with Crippen molar-refractivity contribution in [3.8, 4) is 11.5 Å². The molecule has 0 amide bonds. The van der Waals surface area contributed by atoms with Crippen molar-refractivity contribution in [2.45, 2.75) is 6.42 Å². The molecule has 2 aromatic rings. The Morgan fingerprint density at radius 3 is 2.44 bits per heavy atom. The number of nitro benzene ring substituents is 1. The van der Waals surface area contributed by atoms with Gasteiger partial charge in [-0.15, -0.1) is 0 Å². The molecule has 0 atom stereocenters. The Morgan fingerprint density at radius 2 is 1.80 bits per heavy atom. The highest BCUT2D eigenvalue weighted by atomic mass is 19.1. The zero-order valence-electron chi connectivity index (χ0n) is 13.4. The largest absolute Gasteiger partial charge is 0.493 e. The summed E-state index contributed by atoms with van der Waals surface area (Å²) in [5, 5.41) is 11.1. The van der Waals surface area contributed by atoms with Crippen molar-refractivity contribution >= 4 is 11.7 Å². The molecule has 0 saturated heterocycles. The van der Waals surface area contributed by atoms with Crippen LogP contribution >= 0.6 is 0 Å². The first kappa shape index (κ1) is 18.2. The van der Waals surface area contributed by atoms with Crippen LogP contribution in [0.4, 0.5) is 10.1 Å². The van der Waals surface area contributed by atoms with Crippen molar-refractivity contribution in [2.75, 3.05) is 20.3 Å². The lowest BCUT2D eigenvalue weighted by atomic mass is 10.2. The summed E-state index contributed by atoms with van der Waals surface area (Å²) in [6.45, 7) is 0.485. The molecule has 8 heteroatoms. The molecule has 0 spiro atoms. The van der Waals surface area contributed by atoms with Gasteiger partial charge >= 0.3 is 11.7 Å². The SMILES string of the molecule is COC(=O)c1ccc(OCCCOc2ccc(F)cc2)c([N+](=O)[O-])c1. The van der Waals surface area contributed by atoms with Crippen LogP contribution in [-0.4, -0.2) is 31.2 Å². The summed E-state index contributed by atoms with van der Waals surface area (Å²) >= 11 is 0. The summed E-state index contributed by atoms with van der Waals surface area (Å²) in [4.78, 5) is 21.9. The van der Waals surface area contributed by atoms with Crippen LogP contribution in [0.2, 0.25) is 0 Å². The molecule has 0 aliphatic carbocycles. The number of nitro groups is 1. The van der Waals surface area contributed by atoms with Crippen LogP contribution in [0.3, 0.4) is 0 Å². The van der Waals surface area contributed by atoms with E-state index in [-0.39, 0.29) is 29.4 Å². The summed E-state index contributed by atoms with van der Waals surface area (Å²) in [7, 11) is 1.19. The number of hydrogen-bond donors (Lipinski definition) is 0. The molecule has 0 bridgehead atoms. The van der Waals surface area contributed by atoms with Crippen LogP contribution < -0.4 is 9.47 Å². The van der Waals surface area contributed by atoms with Gasteiger partial charge in [0.2, 0.25) is 0 Å². The number of rotatable bonds is 8. The maximum absolute atomic E-state index is 12.8. The lowest BCUT2D eigenvalue weighted by Gasteiger charge is -2.09. The van der Waals surface area contributed by atoms with Gasteiger partial charge in [0, 0.05) is 12.5 Å². The maximum atomic E-state index is 12.8. The predicted octanol–water partition coefficient (Wildman–Crippen LogP) is 3.37. The molecule has 0 saturated carbocycles. The zero-order chi connectivity index (χ0) is 18.2. The quantitative estimate of drug-likeness (QED) is 0.314. The number of halogens is 1. The van der Waals surface area contributed by atoms with Crippen LogP contribution in [0.25, 0.3) is 0 Å². The molecule has 0 radical (unpaired) electrons. The van der Waals surface area contributed by atoms with Gasteiger partial charge in [0.25, 0.3) is 0 Å². The number of carbonyl (C=O) groups excluding carboxylic acids is 1. The van der Waals surface area contributed by atoms with Gasteiger partial charge in [-0.1, -0.05) is 0 Å². The molecular weight excluding hydrogens is 333 g/mol. The second-order valence-electron chi connectivity index (χ2n) is 4.94. The Bertz CT molecular complexity index is 747. The van der Waals surface area contributed by atoms with E-state index in [1.807, 2.05) is 0 Å². The van der Waals surface area contributed by atoms with Crippen molar-refractivity contribution in [3.63, 3.8) is 0 Å². The Kier molecular flexibility index (Phi) is 6.27. The molecule has 132 valence electrons. The number of nitrogens with zero attached hydrogens (tertiary/aromatic N) is 1. The summed E-state index contributed by atoms with van der Waals surface area (Å²) in [5.74, 6) is -0.435. The highest BCUT2D eigenvalue weighted by Gasteiger charge is 2.19. The third-order valence-electron chi connectivity index (χ3n) is 3.21. The van der Waals surface area contributed by atoms with Gasteiger partial charge in [0.05, 0.1) is 30.8 Å². The van der Waals surface area contributed by atoms with E-state index >= 15 is 0 Å². The van der Waals surface area contributed by atoms with Crippen LogP contribution in [0.5, 0.6) is 11.5 Å². The second kappa shape index (κ2) is 8.62. The normalized spacial score (nSPS) is 10.2. The van der Waals surface area contributed by atoms with Gasteiger partial charge < -0.3 is 14.2 Å². The molecule has 2 rings (SSSR count). The Balaban J connectivity index is 1.88. The molecule has 0 aromatic heterocycles. The fourth-order valence-corrected chi connectivity index (χ4v) is 1.99. The van der Waals surface area contributed by atoms with Gasteiger partial charge in [-0.2, -0.15) is 0 Å². The Morgan fingerprint density at radius 1 is 1.12 bits per heavy atom. The van der Waals surface area contributed by atoms with E-state index in [2.05, 4.69) is 4.74 Å². The van der Waals surface area contributed by atoms with Crippen molar-refractivity contribution in [1.29, 1.82) is 0 Å². The molecule has 2 aromatic carbocycles. The van der Waals surface area contributed by atoms with Gasteiger partial charge in [0.1, 0.15) is 11.6 Å². The van der Waals surface area contributed by atoms with E-state index < -0.39 is 10.9 Å². The van der Waals surface area contributed by atoms with Gasteiger partial charge in [-0.3, -0.25) is 10.1 Å². The van der Waals surface area contributed by atoms with Crippen molar-refractivity contribution in [1.82, 2.24) is 0 Å². The third kappa shape index (κ3) is 5.17. The molecule has 25 heavy (non-hydrogen) atoms. The van der Waals surface area contributed by atoms with E-state index in [1.54, 1.807) is 0 Å². The van der Waals surface area contributed by atoms with Crippen molar-refractivity contribution in [2.24, 2.45) is 0 Å². The zero-order valence-corrected chi connectivity index (χ0v) is 13.4. The number of hydrogen-bond acceptors (Lipinski definition) is 6. The van der Waals surface area contributed by atoms with E-state index in [0.29, 0.717) is 18.8 Å². The molecule has 0 unspecified atom stereocenters. The third-order valence-corrected chi connectivity index (χ3v) is 3.21. The first-order chi connectivity index (χ1) is 12.0. The maximum Gasteiger partial charge on any atom is 0.338 e. The topological polar surface area (TPSA) is 87.9 Å². The summed E-state index contributed by atoms with van der Waals surface area (Å²) in [6.07, 6.45) is 0.466. The van der Waals surface area contributed by atoms with Crippen molar-refractivity contribution < 1.29 is 28.3 Å². The van der Waals surface area contributed by atoms with Gasteiger partial charge in [-0.05, 0) is 36.4 Å². The molecule has 0 heterocycles. The molecule has 0 N–H and O–H groups in total. The fourth-order valence-electron chi connectivity index (χ4n) is 1.99. The number of ether oxygens (including phenoxy) is 3. The predicted molar refractivity (Wildman–Crippen MR) is 86.4 cm³/mol. The van der Waals surface area contributed by atoms with E-state index in [4.69, 9.17) is 9.47 Å². The average Bonchev–Trinajstić information content (AvgIpc) is 2.62. The molecule has 7 nitrogen and oxygen atoms in total. The lowest BCUT2D eigenvalue weighted by molar-refractivity contribution is -0.385. The van der Waals surface area contributed by atoms with E-state index in [1.165, 1.54) is 43.5 Å². The first-order valence-electron chi connectivity index (χ1n) is 7.39. The van der Waals surface area contributed by atoms with E-state index in [9.17, 15) is 19.3 Å². The molecular formula is C17H16FNO6. The average molecular weight is 349 g/mol. The highest BCUT2D eigenvalue weighted by molar-refractivity contribution is 5.90. The minimum Gasteiger partial charge on any atom is -0.493 e. The van der Waals surface area contributed by atoms with Crippen molar-refractivity contribution in [3.05, 3.63) is 64.0 Å². The molecule has 0 fully saturated rings. The monoisotopic (exact) mass is 349 g/mol. The minimum absolute atomic E-state index is 0.0550. The minimum atomic E-state index is -0.664. The Hall–Kier alpha value is -3.16. The van der Waals surface area contributed by atoms with Gasteiger partial charge in [-0.25, -0.2) is 9.18 Å². The number of benzene rings is 2. The number of carbonyl (C=O) groups is 1. The molecule has 0 aliphatic heterocycles. The number of methoxy groups -OCH3 is 1. The summed E-state index contributed by atoms with van der Waals surface area (Å²) in [6, 6.07) is 9.44. The van der Waals surface area contributed by atoms with Crippen LogP contribution in [0.15, 0.2) is 42.5 Å². The molecule has 0 aliphatic rings. The van der Waals surface area contributed by atoms with E-state index in [0.717, 1.165) is 6.07 Å². The summed E-state index contributed by atoms with van der Waals surface area (Å²) < 4.78 is 28.1. The van der Waals surface area contributed by atoms with Crippen LogP contribution in [0, 0.1) is 15.9 Å². The summed E-state index contributed by atoms with van der Waals surface area (Å²) in [5.41, 5.74) is -0.247. The number of esters is 1. The smallest absolute Gasteiger partial charge is 0.338 e. The Labute approximate surface area is 143 Å². The van der Waals surface area contributed by atoms with Gasteiger partial charge in [0.15, 0.2) is 5.75 Å². The first-order valence-corrected chi connectivity index (χ1v) is 7.39. The standard InChI is InChI=1S/C17H16FNO6/c1-23-17(20)12-3-8-16(15(11-12)19(21)22)25-10-2-9-24-14-6-4-13(18)5-7-14/h3-8,11H,2,9-10H2,1H3. The lowest BCUT2D eigenvalue weighted by Crippen LogP contribution is -2.07.